The fraction of sp³-hybridized carbons (Fsp3) is 0.471. The molecule has 0 radical (unpaired) electrons. The Morgan fingerprint density at radius 2 is 2.10 bits per heavy atom. The van der Waals surface area contributed by atoms with Crippen LogP contribution in [0.15, 0.2) is 24.4 Å². The van der Waals surface area contributed by atoms with Crippen molar-refractivity contribution in [3.63, 3.8) is 0 Å². The summed E-state index contributed by atoms with van der Waals surface area (Å²) in [4.78, 5) is 4.55. The van der Waals surface area contributed by atoms with E-state index in [0.717, 1.165) is 29.4 Å². The molecule has 1 aromatic carbocycles. The zero-order valence-electron chi connectivity index (χ0n) is 12.2. The van der Waals surface area contributed by atoms with Crippen molar-refractivity contribution in [2.75, 3.05) is 6.54 Å². The molecule has 0 spiro atoms. The van der Waals surface area contributed by atoms with E-state index in [-0.39, 0.29) is 6.04 Å². The number of pyridine rings is 1. The predicted molar refractivity (Wildman–Crippen MR) is 81.8 cm³/mol. The molecule has 3 heteroatoms. The molecule has 20 heavy (non-hydrogen) atoms. The Labute approximate surface area is 120 Å². The van der Waals surface area contributed by atoms with Crippen LogP contribution in [0.2, 0.25) is 0 Å². The Hall–Kier alpha value is -1.45. The van der Waals surface area contributed by atoms with Crippen molar-refractivity contribution in [2.45, 2.75) is 45.3 Å². The minimum absolute atomic E-state index is 0.161. The topological polar surface area (TPSA) is 45.2 Å². The maximum atomic E-state index is 10.5. The van der Waals surface area contributed by atoms with E-state index in [1.807, 2.05) is 6.20 Å². The third kappa shape index (κ3) is 2.56. The average molecular weight is 270 g/mol. The van der Waals surface area contributed by atoms with Crippen molar-refractivity contribution < 1.29 is 5.11 Å². The maximum absolute atomic E-state index is 10.5. The fourth-order valence-electron chi connectivity index (χ4n) is 3.18. The summed E-state index contributed by atoms with van der Waals surface area (Å²) in [5, 5.41) is 15.1. The number of aromatic nitrogens is 1. The highest BCUT2D eigenvalue weighted by molar-refractivity contribution is 5.82. The van der Waals surface area contributed by atoms with Crippen LogP contribution >= 0.6 is 0 Å². The third-order valence-electron chi connectivity index (χ3n) is 4.21. The van der Waals surface area contributed by atoms with Crippen LogP contribution < -0.4 is 5.32 Å². The van der Waals surface area contributed by atoms with Crippen LogP contribution in [0.5, 0.6) is 0 Å². The van der Waals surface area contributed by atoms with Gasteiger partial charge >= 0.3 is 0 Å². The molecule has 0 bridgehead atoms. The number of hydrogen-bond donors (Lipinski definition) is 2. The smallest absolute Gasteiger partial charge is 0.0958 e. The zero-order chi connectivity index (χ0) is 14.1. The van der Waals surface area contributed by atoms with Gasteiger partial charge in [0.1, 0.15) is 0 Å². The Morgan fingerprint density at radius 1 is 1.25 bits per heavy atom. The van der Waals surface area contributed by atoms with Crippen LogP contribution in [-0.4, -0.2) is 22.7 Å². The van der Waals surface area contributed by atoms with E-state index >= 15 is 0 Å². The number of aliphatic hydroxyl groups is 1. The number of aryl methyl sites for hydroxylation is 2. The second-order valence-corrected chi connectivity index (χ2v) is 5.92. The van der Waals surface area contributed by atoms with Gasteiger partial charge in [-0.1, -0.05) is 18.1 Å². The maximum Gasteiger partial charge on any atom is 0.0958 e. The summed E-state index contributed by atoms with van der Waals surface area (Å²) in [6, 6.07) is 6.53. The van der Waals surface area contributed by atoms with E-state index in [1.54, 1.807) is 0 Å². The molecule has 2 heterocycles. The van der Waals surface area contributed by atoms with Gasteiger partial charge < -0.3 is 10.4 Å². The van der Waals surface area contributed by atoms with Crippen molar-refractivity contribution in [1.29, 1.82) is 0 Å². The third-order valence-corrected chi connectivity index (χ3v) is 4.21. The first-order valence-electron chi connectivity index (χ1n) is 7.43. The van der Waals surface area contributed by atoms with Crippen LogP contribution in [0.25, 0.3) is 10.9 Å². The molecule has 1 aliphatic heterocycles. The minimum atomic E-state index is -0.465. The molecule has 1 fully saturated rings. The molecule has 3 rings (SSSR count). The molecular weight excluding hydrogens is 248 g/mol. The molecule has 1 aromatic heterocycles. The van der Waals surface area contributed by atoms with Gasteiger partial charge in [-0.2, -0.15) is 0 Å². The summed E-state index contributed by atoms with van der Waals surface area (Å²) in [5.41, 5.74) is 4.38. The Bertz CT molecular complexity index is 618. The number of benzene rings is 1. The first-order chi connectivity index (χ1) is 9.65. The highest BCUT2D eigenvalue weighted by Crippen LogP contribution is 2.26. The normalized spacial score (nSPS) is 21.1. The molecule has 2 atom stereocenters. The predicted octanol–water partition coefficient (Wildman–Crippen LogP) is 3.03. The zero-order valence-corrected chi connectivity index (χ0v) is 12.2. The van der Waals surface area contributed by atoms with Crippen molar-refractivity contribution in [3.05, 3.63) is 41.1 Å². The molecule has 2 aromatic rings. The molecule has 0 amide bonds. The molecule has 1 aliphatic rings. The monoisotopic (exact) mass is 270 g/mol. The molecule has 0 aliphatic carbocycles. The van der Waals surface area contributed by atoms with E-state index in [2.05, 4.69) is 42.3 Å². The summed E-state index contributed by atoms with van der Waals surface area (Å²) < 4.78 is 0. The van der Waals surface area contributed by atoms with Crippen LogP contribution in [-0.2, 0) is 0 Å². The van der Waals surface area contributed by atoms with Crippen molar-refractivity contribution in [2.24, 2.45) is 0 Å². The number of piperidine rings is 1. The van der Waals surface area contributed by atoms with Gasteiger partial charge in [0.05, 0.1) is 11.6 Å². The molecule has 0 saturated carbocycles. The Kier molecular flexibility index (Phi) is 3.72. The lowest BCUT2D eigenvalue weighted by Crippen LogP contribution is -2.38. The van der Waals surface area contributed by atoms with Crippen LogP contribution in [0.1, 0.15) is 42.1 Å². The van der Waals surface area contributed by atoms with Crippen LogP contribution in [0.3, 0.4) is 0 Å². The molecule has 2 N–H and O–H groups in total. The number of fused-ring (bicyclic) bond motifs is 1. The highest BCUT2D eigenvalue weighted by atomic mass is 16.3. The second kappa shape index (κ2) is 5.51. The lowest BCUT2D eigenvalue weighted by molar-refractivity contribution is 0.113. The van der Waals surface area contributed by atoms with Gasteiger partial charge in [-0.05, 0) is 50.9 Å². The molecule has 1 saturated heterocycles. The lowest BCUT2D eigenvalue weighted by atomic mass is 9.94. The van der Waals surface area contributed by atoms with E-state index < -0.39 is 6.10 Å². The van der Waals surface area contributed by atoms with E-state index in [1.165, 1.54) is 24.0 Å². The number of rotatable bonds is 2. The van der Waals surface area contributed by atoms with Crippen molar-refractivity contribution in [3.8, 4) is 0 Å². The van der Waals surface area contributed by atoms with Crippen LogP contribution in [0, 0.1) is 13.8 Å². The number of hydrogen-bond acceptors (Lipinski definition) is 3. The first kappa shape index (κ1) is 13.5. The lowest BCUT2D eigenvalue weighted by Gasteiger charge is -2.28. The SMILES string of the molecule is Cc1cc(C)c2ncc([C@H](O)[C@@H]3CCCCN3)cc2c1. The quantitative estimate of drug-likeness (QED) is 0.881. The van der Waals surface area contributed by atoms with Gasteiger partial charge in [-0.3, -0.25) is 4.98 Å². The highest BCUT2D eigenvalue weighted by Gasteiger charge is 2.23. The summed E-state index contributed by atoms with van der Waals surface area (Å²) >= 11 is 0. The molecule has 3 nitrogen and oxygen atoms in total. The average Bonchev–Trinajstić information content (AvgIpc) is 2.46. The Balaban J connectivity index is 1.95. The van der Waals surface area contributed by atoms with Gasteiger partial charge in [0.2, 0.25) is 0 Å². The van der Waals surface area contributed by atoms with E-state index in [9.17, 15) is 5.11 Å². The fourth-order valence-corrected chi connectivity index (χ4v) is 3.18. The van der Waals surface area contributed by atoms with Gasteiger partial charge in [0.15, 0.2) is 0 Å². The van der Waals surface area contributed by atoms with Gasteiger partial charge in [0, 0.05) is 23.2 Å². The number of nitrogens with zero attached hydrogens (tertiary/aromatic N) is 1. The number of nitrogens with one attached hydrogen (secondary N) is 1. The van der Waals surface area contributed by atoms with Crippen molar-refractivity contribution >= 4 is 10.9 Å². The summed E-state index contributed by atoms with van der Waals surface area (Å²) in [6.45, 7) is 5.18. The summed E-state index contributed by atoms with van der Waals surface area (Å²) in [6.07, 6.45) is 4.79. The van der Waals surface area contributed by atoms with Crippen LogP contribution in [0.4, 0.5) is 0 Å². The standard InChI is InChI=1S/C17H22N2O/c1-11-7-12(2)16-13(8-11)9-14(10-19-16)17(20)15-5-3-4-6-18-15/h7-10,15,17-18,20H,3-6H2,1-2H3/t15-,17-/m0/s1. The summed E-state index contributed by atoms with van der Waals surface area (Å²) in [7, 11) is 0. The molecule has 0 unspecified atom stereocenters. The number of aliphatic hydroxyl groups excluding tert-OH is 1. The first-order valence-corrected chi connectivity index (χ1v) is 7.43. The molecular formula is C17H22N2O. The largest absolute Gasteiger partial charge is 0.387 e. The van der Waals surface area contributed by atoms with Gasteiger partial charge in [-0.15, -0.1) is 0 Å². The van der Waals surface area contributed by atoms with Gasteiger partial charge in [-0.25, -0.2) is 0 Å². The summed E-state index contributed by atoms with van der Waals surface area (Å²) in [5.74, 6) is 0. The minimum Gasteiger partial charge on any atom is -0.387 e. The Morgan fingerprint density at radius 3 is 2.85 bits per heavy atom. The van der Waals surface area contributed by atoms with Gasteiger partial charge in [0.25, 0.3) is 0 Å². The van der Waals surface area contributed by atoms with E-state index in [4.69, 9.17) is 0 Å². The van der Waals surface area contributed by atoms with E-state index in [0.29, 0.717) is 0 Å². The second-order valence-electron chi connectivity index (χ2n) is 5.92. The van der Waals surface area contributed by atoms with Crippen molar-refractivity contribution in [1.82, 2.24) is 10.3 Å². The molecule has 106 valence electrons.